The lowest BCUT2D eigenvalue weighted by Gasteiger charge is -2.01. The standard InChI is InChI=1S/C10H7ClN4S/c1-15-4-3-12-9(15)8-13-7(11)6-2-5-16-10(6)14-8/h2-5H,1H3. The predicted molar refractivity (Wildman–Crippen MR) is 64.6 cm³/mol. The highest BCUT2D eigenvalue weighted by Crippen LogP contribution is 2.27. The lowest BCUT2D eigenvalue weighted by molar-refractivity contribution is 0.909. The van der Waals surface area contributed by atoms with Gasteiger partial charge >= 0.3 is 0 Å². The smallest absolute Gasteiger partial charge is 0.198 e. The number of imidazole rings is 1. The first-order valence-corrected chi connectivity index (χ1v) is 5.90. The summed E-state index contributed by atoms with van der Waals surface area (Å²) in [5.41, 5.74) is 0. The Hall–Kier alpha value is -1.46. The third-order valence-corrected chi connectivity index (χ3v) is 3.39. The van der Waals surface area contributed by atoms with E-state index in [1.54, 1.807) is 17.5 Å². The van der Waals surface area contributed by atoms with Gasteiger partial charge in [-0.3, -0.25) is 0 Å². The number of fused-ring (bicyclic) bond motifs is 1. The summed E-state index contributed by atoms with van der Waals surface area (Å²) in [7, 11) is 1.90. The molecule has 0 N–H and O–H groups in total. The summed E-state index contributed by atoms with van der Waals surface area (Å²) < 4.78 is 1.87. The number of halogens is 1. The molecule has 0 aromatic carbocycles. The number of rotatable bonds is 1. The van der Waals surface area contributed by atoms with Crippen molar-refractivity contribution >= 4 is 33.2 Å². The zero-order chi connectivity index (χ0) is 11.1. The predicted octanol–water partition coefficient (Wildman–Crippen LogP) is 2.75. The zero-order valence-electron chi connectivity index (χ0n) is 8.38. The monoisotopic (exact) mass is 250 g/mol. The summed E-state index contributed by atoms with van der Waals surface area (Å²) in [6.07, 6.45) is 3.57. The highest BCUT2D eigenvalue weighted by atomic mass is 35.5. The minimum Gasteiger partial charge on any atom is -0.331 e. The van der Waals surface area contributed by atoms with E-state index < -0.39 is 0 Å². The van der Waals surface area contributed by atoms with Crippen molar-refractivity contribution in [2.45, 2.75) is 0 Å². The molecule has 3 heterocycles. The van der Waals surface area contributed by atoms with Gasteiger partial charge in [-0.05, 0) is 11.4 Å². The van der Waals surface area contributed by atoms with Crippen molar-refractivity contribution in [2.24, 2.45) is 7.05 Å². The molecule has 4 nitrogen and oxygen atoms in total. The van der Waals surface area contributed by atoms with Crippen LogP contribution in [0.5, 0.6) is 0 Å². The van der Waals surface area contributed by atoms with E-state index >= 15 is 0 Å². The topological polar surface area (TPSA) is 43.6 Å². The van der Waals surface area contributed by atoms with Crippen molar-refractivity contribution in [2.75, 3.05) is 0 Å². The maximum absolute atomic E-state index is 6.09. The van der Waals surface area contributed by atoms with E-state index in [2.05, 4.69) is 15.0 Å². The van der Waals surface area contributed by atoms with E-state index in [4.69, 9.17) is 11.6 Å². The summed E-state index contributed by atoms with van der Waals surface area (Å²) in [6.45, 7) is 0. The third kappa shape index (κ3) is 1.40. The molecule has 0 radical (unpaired) electrons. The van der Waals surface area contributed by atoms with E-state index in [0.717, 1.165) is 16.0 Å². The number of aryl methyl sites for hydroxylation is 1. The molecule has 0 aliphatic heterocycles. The molecule has 0 aliphatic rings. The van der Waals surface area contributed by atoms with Crippen LogP contribution in [0.3, 0.4) is 0 Å². The molecule has 16 heavy (non-hydrogen) atoms. The highest BCUT2D eigenvalue weighted by molar-refractivity contribution is 7.16. The normalized spacial score (nSPS) is 11.1. The molecule has 0 aliphatic carbocycles. The van der Waals surface area contributed by atoms with Crippen LogP contribution < -0.4 is 0 Å². The fourth-order valence-corrected chi connectivity index (χ4v) is 2.55. The van der Waals surface area contributed by atoms with Gasteiger partial charge in [0, 0.05) is 24.8 Å². The van der Waals surface area contributed by atoms with Gasteiger partial charge in [-0.1, -0.05) is 11.6 Å². The van der Waals surface area contributed by atoms with Gasteiger partial charge in [0.2, 0.25) is 0 Å². The van der Waals surface area contributed by atoms with E-state index in [1.165, 1.54) is 0 Å². The van der Waals surface area contributed by atoms with E-state index in [0.29, 0.717) is 11.0 Å². The first-order chi connectivity index (χ1) is 7.75. The van der Waals surface area contributed by atoms with Crippen molar-refractivity contribution in [3.63, 3.8) is 0 Å². The molecule has 0 fully saturated rings. The number of hydrogen-bond acceptors (Lipinski definition) is 4. The molecular formula is C10H7ClN4S. The Morgan fingerprint density at radius 2 is 2.25 bits per heavy atom. The molecule has 0 saturated carbocycles. The second-order valence-electron chi connectivity index (χ2n) is 3.34. The Labute approximate surface area is 101 Å². The molecule has 0 unspecified atom stereocenters. The van der Waals surface area contributed by atoms with Crippen LogP contribution in [0.1, 0.15) is 0 Å². The lowest BCUT2D eigenvalue weighted by Crippen LogP contribution is -1.97. The van der Waals surface area contributed by atoms with Gasteiger partial charge in [-0.15, -0.1) is 11.3 Å². The van der Waals surface area contributed by atoms with Crippen molar-refractivity contribution in [3.8, 4) is 11.6 Å². The largest absolute Gasteiger partial charge is 0.331 e. The van der Waals surface area contributed by atoms with E-state index in [-0.39, 0.29) is 0 Å². The van der Waals surface area contributed by atoms with Crippen molar-refractivity contribution < 1.29 is 0 Å². The second kappa shape index (κ2) is 3.54. The summed E-state index contributed by atoms with van der Waals surface area (Å²) in [5, 5.41) is 3.32. The number of thiophene rings is 1. The second-order valence-corrected chi connectivity index (χ2v) is 4.59. The van der Waals surface area contributed by atoms with Crippen LogP contribution >= 0.6 is 22.9 Å². The number of nitrogens with zero attached hydrogens (tertiary/aromatic N) is 4. The summed E-state index contributed by atoms with van der Waals surface area (Å²) in [5.74, 6) is 1.28. The highest BCUT2D eigenvalue weighted by Gasteiger charge is 2.11. The maximum atomic E-state index is 6.09. The van der Waals surface area contributed by atoms with Crippen molar-refractivity contribution in [1.82, 2.24) is 19.5 Å². The van der Waals surface area contributed by atoms with Crippen LogP contribution in [-0.2, 0) is 7.05 Å². The van der Waals surface area contributed by atoms with Crippen molar-refractivity contribution in [3.05, 3.63) is 29.0 Å². The molecule has 0 saturated heterocycles. The summed E-state index contributed by atoms with van der Waals surface area (Å²) in [6, 6.07) is 1.92. The zero-order valence-corrected chi connectivity index (χ0v) is 9.96. The van der Waals surface area contributed by atoms with Crippen LogP contribution in [0.4, 0.5) is 0 Å². The maximum Gasteiger partial charge on any atom is 0.198 e. The molecule has 3 rings (SSSR count). The van der Waals surface area contributed by atoms with Gasteiger partial charge in [0.1, 0.15) is 9.98 Å². The minimum atomic E-state index is 0.476. The van der Waals surface area contributed by atoms with Gasteiger partial charge in [-0.25, -0.2) is 15.0 Å². The quantitative estimate of drug-likeness (QED) is 0.624. The fraction of sp³-hybridized carbons (Fsp3) is 0.100. The van der Waals surface area contributed by atoms with Gasteiger partial charge < -0.3 is 4.57 Å². The first kappa shape index (κ1) is 9.74. The van der Waals surface area contributed by atoms with Crippen molar-refractivity contribution in [1.29, 1.82) is 0 Å². The van der Waals surface area contributed by atoms with Crippen LogP contribution in [0.25, 0.3) is 21.9 Å². The fourth-order valence-electron chi connectivity index (χ4n) is 1.50. The molecule has 0 spiro atoms. The van der Waals surface area contributed by atoms with E-state index in [1.807, 2.05) is 29.3 Å². The van der Waals surface area contributed by atoms with Crippen LogP contribution in [0.2, 0.25) is 5.15 Å². The lowest BCUT2D eigenvalue weighted by atomic mass is 10.4. The number of hydrogen-bond donors (Lipinski definition) is 0. The molecule has 80 valence electrons. The summed E-state index contributed by atoms with van der Waals surface area (Å²) >= 11 is 7.64. The van der Waals surface area contributed by atoms with Crippen LogP contribution in [0, 0.1) is 0 Å². The minimum absolute atomic E-state index is 0.476. The molecule has 0 bridgehead atoms. The Morgan fingerprint density at radius 1 is 1.38 bits per heavy atom. The van der Waals surface area contributed by atoms with E-state index in [9.17, 15) is 0 Å². The average molecular weight is 251 g/mol. The first-order valence-electron chi connectivity index (χ1n) is 4.64. The van der Waals surface area contributed by atoms with Gasteiger partial charge in [0.15, 0.2) is 11.6 Å². The molecular weight excluding hydrogens is 244 g/mol. The Balaban J connectivity index is 2.29. The SMILES string of the molecule is Cn1ccnc1-c1nc(Cl)c2ccsc2n1. The van der Waals surface area contributed by atoms with Gasteiger partial charge in [0.25, 0.3) is 0 Å². The molecule has 6 heteroatoms. The molecule has 0 atom stereocenters. The Kier molecular flexibility index (Phi) is 2.15. The van der Waals surface area contributed by atoms with Crippen LogP contribution in [-0.4, -0.2) is 19.5 Å². The average Bonchev–Trinajstić information content (AvgIpc) is 2.85. The molecule has 3 aromatic heterocycles. The summed E-state index contributed by atoms with van der Waals surface area (Å²) in [4.78, 5) is 13.8. The third-order valence-electron chi connectivity index (χ3n) is 2.30. The molecule has 3 aromatic rings. The Morgan fingerprint density at radius 3 is 3.00 bits per heavy atom. The molecule has 0 amide bonds. The van der Waals surface area contributed by atoms with Crippen LogP contribution in [0.15, 0.2) is 23.8 Å². The van der Waals surface area contributed by atoms with Gasteiger partial charge in [-0.2, -0.15) is 0 Å². The number of aromatic nitrogens is 4. The van der Waals surface area contributed by atoms with Gasteiger partial charge in [0.05, 0.1) is 0 Å². The Bertz CT molecular complexity index is 658.